The molecule has 1 aliphatic rings. The number of ether oxygens (including phenoxy) is 1. The van der Waals surface area contributed by atoms with E-state index < -0.39 is 11.7 Å². The summed E-state index contributed by atoms with van der Waals surface area (Å²) in [7, 11) is 0. The number of imidazole rings is 1. The summed E-state index contributed by atoms with van der Waals surface area (Å²) in [5, 5.41) is 7.53. The Morgan fingerprint density at radius 1 is 1.27 bits per heavy atom. The van der Waals surface area contributed by atoms with E-state index in [1.54, 1.807) is 10.6 Å². The highest BCUT2D eigenvalue weighted by molar-refractivity contribution is 14.1. The number of hydrogen-bond donors (Lipinski definition) is 1. The maximum atomic E-state index is 13.5. The predicted molar refractivity (Wildman–Crippen MR) is 125 cm³/mol. The molecule has 1 fully saturated rings. The minimum atomic E-state index is -4.43. The number of anilines is 1. The molecule has 0 aliphatic carbocycles. The van der Waals surface area contributed by atoms with Crippen molar-refractivity contribution in [3.05, 3.63) is 55.9 Å². The second-order valence-electron chi connectivity index (χ2n) is 7.86. The van der Waals surface area contributed by atoms with Gasteiger partial charge < -0.3 is 15.0 Å². The summed E-state index contributed by atoms with van der Waals surface area (Å²) in [4.78, 5) is 18.3. The second kappa shape index (κ2) is 9.45. The fourth-order valence-electron chi connectivity index (χ4n) is 3.90. The maximum absolute atomic E-state index is 13.5. The lowest BCUT2D eigenvalue weighted by atomic mass is 9.98. The summed E-state index contributed by atoms with van der Waals surface area (Å²) in [6, 6.07) is 6.13. The number of carbonyl (C=O) groups excluding carboxylic acids is 1. The zero-order chi connectivity index (χ0) is 23.8. The SMILES string of the molecule is CC(=O)NCc1nc2c(I)cc(N3CCOCC3)nn2c1Cc1cccc(C(F)(F)F)c1C. The normalized spacial score (nSPS) is 14.7. The number of morpholine rings is 1. The first-order valence-corrected chi connectivity index (χ1v) is 11.5. The van der Waals surface area contributed by atoms with Crippen LogP contribution in [-0.2, 0) is 28.7 Å². The van der Waals surface area contributed by atoms with Crippen LogP contribution in [-0.4, -0.2) is 46.8 Å². The monoisotopic (exact) mass is 573 g/mol. The van der Waals surface area contributed by atoms with Crippen molar-refractivity contribution in [2.75, 3.05) is 31.2 Å². The molecule has 1 saturated heterocycles. The molecule has 3 heterocycles. The Morgan fingerprint density at radius 3 is 2.67 bits per heavy atom. The number of nitrogens with zero attached hydrogens (tertiary/aromatic N) is 4. The number of halogens is 4. The van der Waals surface area contributed by atoms with E-state index in [4.69, 9.17) is 9.84 Å². The lowest BCUT2D eigenvalue weighted by Crippen LogP contribution is -2.37. The number of rotatable bonds is 5. The highest BCUT2D eigenvalue weighted by atomic mass is 127. The second-order valence-corrected chi connectivity index (χ2v) is 9.03. The van der Waals surface area contributed by atoms with Gasteiger partial charge in [0.2, 0.25) is 5.91 Å². The molecule has 2 aromatic heterocycles. The van der Waals surface area contributed by atoms with E-state index in [0.717, 1.165) is 15.5 Å². The number of fused-ring (bicyclic) bond motifs is 1. The van der Waals surface area contributed by atoms with Crippen LogP contribution in [0.15, 0.2) is 24.3 Å². The summed E-state index contributed by atoms with van der Waals surface area (Å²) in [5.74, 6) is 0.533. The van der Waals surface area contributed by atoms with Gasteiger partial charge in [0.05, 0.1) is 40.3 Å². The van der Waals surface area contributed by atoms with Crippen LogP contribution in [0.1, 0.15) is 35.0 Å². The van der Waals surface area contributed by atoms with Crippen LogP contribution in [0, 0.1) is 10.5 Å². The zero-order valence-electron chi connectivity index (χ0n) is 18.2. The quantitative estimate of drug-likeness (QED) is 0.472. The van der Waals surface area contributed by atoms with E-state index in [-0.39, 0.29) is 24.4 Å². The van der Waals surface area contributed by atoms with Gasteiger partial charge in [0.15, 0.2) is 11.5 Å². The number of carbonyl (C=O) groups is 1. The van der Waals surface area contributed by atoms with E-state index in [1.807, 2.05) is 6.07 Å². The number of amides is 1. The predicted octanol–water partition coefficient (Wildman–Crippen LogP) is 3.72. The first-order chi connectivity index (χ1) is 15.6. The smallest absolute Gasteiger partial charge is 0.378 e. The molecule has 0 saturated carbocycles. The lowest BCUT2D eigenvalue weighted by Gasteiger charge is -2.27. The van der Waals surface area contributed by atoms with Gasteiger partial charge in [-0.25, -0.2) is 9.50 Å². The molecule has 0 unspecified atom stereocenters. The molecular formula is C22H23F3IN5O2. The van der Waals surface area contributed by atoms with Crippen molar-refractivity contribution in [1.29, 1.82) is 0 Å². The summed E-state index contributed by atoms with van der Waals surface area (Å²) >= 11 is 2.19. The number of benzene rings is 1. The highest BCUT2D eigenvalue weighted by Gasteiger charge is 2.33. The van der Waals surface area contributed by atoms with E-state index >= 15 is 0 Å². The zero-order valence-corrected chi connectivity index (χ0v) is 20.3. The van der Waals surface area contributed by atoms with Gasteiger partial charge in [0.25, 0.3) is 0 Å². The van der Waals surface area contributed by atoms with Crippen molar-refractivity contribution in [2.45, 2.75) is 33.0 Å². The largest absolute Gasteiger partial charge is 0.416 e. The molecule has 4 rings (SSSR count). The summed E-state index contributed by atoms with van der Waals surface area (Å²) in [6.07, 6.45) is -4.24. The van der Waals surface area contributed by atoms with Crippen LogP contribution in [0.25, 0.3) is 5.65 Å². The van der Waals surface area contributed by atoms with Crippen molar-refractivity contribution >= 4 is 40.0 Å². The number of nitrogens with one attached hydrogen (secondary N) is 1. The first kappa shape index (κ1) is 23.7. The molecule has 7 nitrogen and oxygen atoms in total. The van der Waals surface area contributed by atoms with Crippen molar-refractivity contribution in [2.24, 2.45) is 0 Å². The van der Waals surface area contributed by atoms with E-state index in [2.05, 4.69) is 37.8 Å². The molecule has 11 heteroatoms. The van der Waals surface area contributed by atoms with Gasteiger partial charge >= 0.3 is 6.18 Å². The van der Waals surface area contributed by atoms with Gasteiger partial charge in [-0.3, -0.25) is 4.79 Å². The molecule has 0 bridgehead atoms. The topological polar surface area (TPSA) is 71.8 Å². The number of aromatic nitrogens is 3. The van der Waals surface area contributed by atoms with Crippen LogP contribution < -0.4 is 10.2 Å². The molecule has 1 aliphatic heterocycles. The minimum Gasteiger partial charge on any atom is -0.378 e. The molecular weight excluding hydrogens is 550 g/mol. The van der Waals surface area contributed by atoms with Crippen molar-refractivity contribution in [3.63, 3.8) is 0 Å². The third kappa shape index (κ3) is 5.08. The summed E-state index contributed by atoms with van der Waals surface area (Å²) in [5.41, 5.74) is 1.87. The fourth-order valence-corrected chi connectivity index (χ4v) is 4.53. The van der Waals surface area contributed by atoms with E-state index in [0.29, 0.717) is 48.9 Å². The Labute approximate surface area is 202 Å². The van der Waals surface area contributed by atoms with Crippen molar-refractivity contribution in [1.82, 2.24) is 19.9 Å². The Morgan fingerprint density at radius 2 is 2.00 bits per heavy atom. The lowest BCUT2D eigenvalue weighted by molar-refractivity contribution is -0.138. The van der Waals surface area contributed by atoms with E-state index in [1.165, 1.54) is 19.9 Å². The minimum absolute atomic E-state index is 0.162. The number of alkyl halides is 3. The molecule has 0 radical (unpaired) electrons. The standard InChI is InChI=1S/C22H23F3IN5O2/c1-13-15(4-3-5-16(13)22(23,24)25)10-19-18(12-27-14(2)32)28-21-17(26)11-20(29-31(19)21)30-6-8-33-9-7-30/h3-5,11H,6-10,12H2,1-2H3,(H,27,32). The Kier molecular flexibility index (Phi) is 6.80. The molecule has 1 aromatic carbocycles. The third-order valence-electron chi connectivity index (χ3n) is 5.65. The molecule has 0 spiro atoms. The summed E-state index contributed by atoms with van der Waals surface area (Å²) < 4.78 is 48.4. The van der Waals surface area contributed by atoms with E-state index in [9.17, 15) is 18.0 Å². The van der Waals surface area contributed by atoms with Gasteiger partial charge in [-0.05, 0) is 52.8 Å². The highest BCUT2D eigenvalue weighted by Crippen LogP contribution is 2.34. The maximum Gasteiger partial charge on any atom is 0.416 e. The van der Waals surface area contributed by atoms with Crippen LogP contribution in [0.4, 0.5) is 19.0 Å². The molecule has 1 N–H and O–H groups in total. The number of hydrogen-bond acceptors (Lipinski definition) is 5. The van der Waals surface area contributed by atoms with Crippen molar-refractivity contribution < 1.29 is 22.7 Å². The van der Waals surface area contributed by atoms with Crippen molar-refractivity contribution in [3.8, 4) is 0 Å². The first-order valence-electron chi connectivity index (χ1n) is 10.4. The fraction of sp³-hybridized carbons (Fsp3) is 0.409. The third-order valence-corrected chi connectivity index (χ3v) is 6.45. The molecule has 3 aromatic rings. The Bertz CT molecular complexity index is 1190. The average molecular weight is 573 g/mol. The Balaban J connectivity index is 1.83. The van der Waals surface area contributed by atoms with Crippen LogP contribution in [0.2, 0.25) is 0 Å². The molecule has 176 valence electrons. The van der Waals surface area contributed by atoms with Crippen LogP contribution in [0.3, 0.4) is 0 Å². The van der Waals surface area contributed by atoms with Crippen LogP contribution in [0.5, 0.6) is 0 Å². The van der Waals surface area contributed by atoms with Gasteiger partial charge in [-0.15, -0.1) is 5.10 Å². The van der Waals surface area contributed by atoms with Gasteiger partial charge in [-0.1, -0.05) is 12.1 Å². The average Bonchev–Trinajstić information content (AvgIpc) is 3.11. The Hall–Kier alpha value is -2.41. The van der Waals surface area contributed by atoms with Gasteiger partial charge in [0, 0.05) is 26.4 Å². The van der Waals surface area contributed by atoms with Gasteiger partial charge in [0.1, 0.15) is 0 Å². The molecule has 1 amide bonds. The molecule has 0 atom stereocenters. The van der Waals surface area contributed by atoms with Gasteiger partial charge in [-0.2, -0.15) is 13.2 Å². The summed E-state index contributed by atoms with van der Waals surface area (Å²) in [6.45, 7) is 5.65. The molecule has 33 heavy (non-hydrogen) atoms. The van der Waals surface area contributed by atoms with Crippen LogP contribution >= 0.6 is 22.6 Å².